The summed E-state index contributed by atoms with van der Waals surface area (Å²) in [6.45, 7) is 3.37. The highest BCUT2D eigenvalue weighted by molar-refractivity contribution is 5.92. The van der Waals surface area contributed by atoms with E-state index in [0.29, 0.717) is 18.8 Å². The summed E-state index contributed by atoms with van der Waals surface area (Å²) in [6, 6.07) is 24.7. The lowest BCUT2D eigenvalue weighted by molar-refractivity contribution is -0.133. The fraction of sp³-hybridized carbons (Fsp3) is 0.267. The Kier molecular flexibility index (Phi) is 8.20. The second-order valence-electron chi connectivity index (χ2n) is 9.29. The van der Waals surface area contributed by atoms with Crippen LogP contribution in [0.4, 0.5) is 0 Å². The molecule has 0 bridgehead atoms. The van der Waals surface area contributed by atoms with E-state index in [9.17, 15) is 9.59 Å². The number of aromatic nitrogens is 2. The van der Waals surface area contributed by atoms with Gasteiger partial charge in [-0.1, -0.05) is 60.7 Å². The second-order valence-corrected chi connectivity index (χ2v) is 9.29. The Bertz CT molecular complexity index is 1250. The summed E-state index contributed by atoms with van der Waals surface area (Å²) < 4.78 is 5.45. The Balaban J connectivity index is 1.21. The van der Waals surface area contributed by atoms with E-state index in [4.69, 9.17) is 4.42 Å². The number of hydrogen-bond acceptors (Lipinski definition) is 6. The van der Waals surface area contributed by atoms with Gasteiger partial charge in [0.05, 0.1) is 25.0 Å². The number of amides is 2. The lowest BCUT2D eigenvalue weighted by Gasteiger charge is -2.40. The molecular weight excluding hydrogens is 478 g/mol. The topological polar surface area (TPSA) is 82.8 Å². The molecule has 1 saturated heterocycles. The van der Waals surface area contributed by atoms with Gasteiger partial charge in [-0.05, 0) is 23.3 Å². The van der Waals surface area contributed by atoms with Gasteiger partial charge in [0.25, 0.3) is 5.91 Å². The van der Waals surface area contributed by atoms with Crippen LogP contribution in [0.25, 0.3) is 0 Å². The molecule has 4 aromatic rings. The first-order valence-electron chi connectivity index (χ1n) is 12.9. The fourth-order valence-electron chi connectivity index (χ4n) is 4.92. The maximum atomic E-state index is 13.2. The number of hydrogen-bond donors (Lipinski definition) is 0. The van der Waals surface area contributed by atoms with Crippen LogP contribution in [0.2, 0.25) is 0 Å². The molecule has 1 aliphatic heterocycles. The molecule has 2 aromatic heterocycles. The molecule has 0 atom stereocenters. The van der Waals surface area contributed by atoms with Crippen LogP contribution in [0.5, 0.6) is 0 Å². The van der Waals surface area contributed by atoms with Crippen molar-refractivity contribution in [3.05, 3.63) is 120 Å². The summed E-state index contributed by atoms with van der Waals surface area (Å²) in [5, 5.41) is 0. The zero-order valence-electron chi connectivity index (χ0n) is 21.2. The molecule has 2 amide bonds. The molecule has 194 valence electrons. The molecule has 0 N–H and O–H groups in total. The first kappa shape index (κ1) is 25.4. The van der Waals surface area contributed by atoms with E-state index in [1.807, 2.05) is 23.1 Å². The van der Waals surface area contributed by atoms with Crippen molar-refractivity contribution in [1.29, 1.82) is 0 Å². The Labute approximate surface area is 222 Å². The molecule has 8 heteroatoms. The van der Waals surface area contributed by atoms with E-state index in [1.54, 1.807) is 17.2 Å². The normalized spacial score (nSPS) is 14.0. The number of rotatable bonds is 9. The quantitative estimate of drug-likeness (QED) is 0.339. The smallest absolute Gasteiger partial charge is 0.274 e. The zero-order chi connectivity index (χ0) is 26.2. The monoisotopic (exact) mass is 509 g/mol. The van der Waals surface area contributed by atoms with E-state index < -0.39 is 0 Å². The van der Waals surface area contributed by atoms with Crippen molar-refractivity contribution >= 4 is 11.8 Å². The number of carbonyl (C=O) groups excluding carboxylic acids is 2. The molecule has 2 aromatic carbocycles. The van der Waals surface area contributed by atoms with Crippen LogP contribution in [0.1, 0.15) is 39.8 Å². The van der Waals surface area contributed by atoms with E-state index in [-0.39, 0.29) is 43.1 Å². The molecule has 0 spiro atoms. The third kappa shape index (κ3) is 6.15. The van der Waals surface area contributed by atoms with Gasteiger partial charge in [-0.3, -0.25) is 19.5 Å². The average Bonchev–Trinajstić information content (AvgIpc) is 3.50. The summed E-state index contributed by atoms with van der Waals surface area (Å²) in [5.74, 6) is 0.411. The lowest BCUT2D eigenvalue weighted by Crippen LogP contribution is -2.50. The van der Waals surface area contributed by atoms with Crippen molar-refractivity contribution in [2.75, 3.05) is 32.7 Å². The van der Waals surface area contributed by atoms with Crippen LogP contribution < -0.4 is 0 Å². The summed E-state index contributed by atoms with van der Waals surface area (Å²) in [5.41, 5.74) is 2.73. The predicted octanol–water partition coefficient (Wildman–Crippen LogP) is 4.04. The number of benzene rings is 2. The molecule has 0 saturated carbocycles. The molecule has 1 fully saturated rings. The van der Waals surface area contributed by atoms with E-state index in [2.05, 4.69) is 63.4 Å². The lowest BCUT2D eigenvalue weighted by atomic mass is 9.96. The first-order chi connectivity index (χ1) is 18.7. The Hall–Kier alpha value is -4.30. The molecule has 1 aliphatic rings. The molecule has 0 unspecified atom stereocenters. The maximum Gasteiger partial charge on any atom is 0.274 e. The minimum Gasteiger partial charge on any atom is -0.467 e. The van der Waals surface area contributed by atoms with Crippen LogP contribution in [0, 0.1) is 0 Å². The number of carbonyl (C=O) groups is 2. The summed E-state index contributed by atoms with van der Waals surface area (Å²) in [4.78, 5) is 40.4. The van der Waals surface area contributed by atoms with Crippen molar-refractivity contribution in [2.24, 2.45) is 0 Å². The third-order valence-electron chi connectivity index (χ3n) is 6.85. The zero-order valence-corrected chi connectivity index (χ0v) is 21.2. The van der Waals surface area contributed by atoms with Gasteiger partial charge in [-0.25, -0.2) is 4.98 Å². The van der Waals surface area contributed by atoms with Crippen LogP contribution in [0.3, 0.4) is 0 Å². The van der Waals surface area contributed by atoms with Crippen LogP contribution in [-0.2, 0) is 11.3 Å². The number of piperazine rings is 1. The van der Waals surface area contributed by atoms with Crippen LogP contribution in [0.15, 0.2) is 102 Å². The summed E-state index contributed by atoms with van der Waals surface area (Å²) in [6.07, 6.45) is 6.25. The Morgan fingerprint density at radius 1 is 0.868 bits per heavy atom. The predicted molar refractivity (Wildman–Crippen MR) is 143 cm³/mol. The summed E-state index contributed by atoms with van der Waals surface area (Å²) >= 11 is 0. The maximum absolute atomic E-state index is 13.2. The van der Waals surface area contributed by atoms with Crippen LogP contribution >= 0.6 is 0 Å². The molecule has 5 rings (SSSR count). The number of nitrogens with zero attached hydrogens (tertiary/aromatic N) is 5. The first-order valence-corrected chi connectivity index (χ1v) is 12.9. The van der Waals surface area contributed by atoms with Crippen molar-refractivity contribution in [1.82, 2.24) is 24.7 Å². The van der Waals surface area contributed by atoms with Gasteiger partial charge in [0, 0.05) is 51.5 Å². The molecular formula is C30H31N5O3. The summed E-state index contributed by atoms with van der Waals surface area (Å²) in [7, 11) is 0. The van der Waals surface area contributed by atoms with Gasteiger partial charge in [0.1, 0.15) is 11.5 Å². The fourth-order valence-corrected chi connectivity index (χ4v) is 4.92. The standard InChI is InChI=1S/C30H31N5O3/c36-28(13-16-35(23-26-12-7-21-38-26)30(37)27-22-31-14-15-32-27)33-17-19-34(20-18-33)29(24-8-3-1-4-9-24)25-10-5-2-6-11-25/h1-12,14-15,21-22,29H,13,16-20,23H2. The van der Waals surface area contributed by atoms with Gasteiger partial charge in [-0.15, -0.1) is 0 Å². The molecule has 8 nitrogen and oxygen atoms in total. The highest BCUT2D eigenvalue weighted by Crippen LogP contribution is 2.29. The Morgan fingerprint density at radius 2 is 1.55 bits per heavy atom. The van der Waals surface area contributed by atoms with E-state index in [1.165, 1.54) is 29.7 Å². The molecule has 3 heterocycles. The molecule has 0 radical (unpaired) electrons. The Morgan fingerprint density at radius 3 is 2.13 bits per heavy atom. The largest absolute Gasteiger partial charge is 0.467 e. The van der Waals surface area contributed by atoms with Crippen molar-refractivity contribution in [2.45, 2.75) is 19.0 Å². The third-order valence-corrected chi connectivity index (χ3v) is 6.85. The van der Waals surface area contributed by atoms with Crippen molar-refractivity contribution in [3.63, 3.8) is 0 Å². The van der Waals surface area contributed by atoms with Gasteiger partial charge in [-0.2, -0.15) is 0 Å². The number of furan rings is 1. The van der Waals surface area contributed by atoms with Gasteiger partial charge in [0.15, 0.2) is 0 Å². The van der Waals surface area contributed by atoms with Crippen molar-refractivity contribution < 1.29 is 14.0 Å². The van der Waals surface area contributed by atoms with Crippen molar-refractivity contribution in [3.8, 4) is 0 Å². The van der Waals surface area contributed by atoms with Crippen LogP contribution in [-0.4, -0.2) is 69.2 Å². The minimum absolute atomic E-state index is 0.0389. The molecule has 0 aliphatic carbocycles. The van der Waals surface area contributed by atoms with Gasteiger partial charge in [0.2, 0.25) is 5.91 Å². The highest BCUT2D eigenvalue weighted by atomic mass is 16.3. The van der Waals surface area contributed by atoms with Gasteiger partial charge < -0.3 is 14.2 Å². The minimum atomic E-state index is -0.277. The second kappa shape index (κ2) is 12.3. The van der Waals surface area contributed by atoms with E-state index >= 15 is 0 Å². The highest BCUT2D eigenvalue weighted by Gasteiger charge is 2.28. The van der Waals surface area contributed by atoms with Gasteiger partial charge >= 0.3 is 0 Å². The van der Waals surface area contributed by atoms with E-state index in [0.717, 1.165) is 13.1 Å². The average molecular weight is 510 g/mol. The molecule has 38 heavy (non-hydrogen) atoms. The SMILES string of the molecule is O=C(CCN(Cc1ccco1)C(=O)c1cnccn1)N1CCN(C(c2ccccc2)c2ccccc2)CC1.